The van der Waals surface area contributed by atoms with Crippen LogP contribution < -0.4 is 0 Å². The summed E-state index contributed by atoms with van der Waals surface area (Å²) in [6.07, 6.45) is 1.24. The summed E-state index contributed by atoms with van der Waals surface area (Å²) in [4.78, 5) is 10.2. The zero-order valence-corrected chi connectivity index (χ0v) is 5.39. The molecule has 0 spiro atoms. The Morgan fingerprint density at radius 3 is 2.22 bits per heavy atom. The van der Waals surface area contributed by atoms with E-state index < -0.39 is 11.4 Å². The lowest BCUT2D eigenvalue weighted by molar-refractivity contribution is -0.144. The third-order valence-corrected chi connectivity index (χ3v) is 1.03. The highest BCUT2D eigenvalue weighted by atomic mass is 19.1. The number of carboxylic acids is 1. The number of halogens is 1. The number of rotatable bonds is 2. The zero-order chi connectivity index (χ0) is 7.49. The van der Waals surface area contributed by atoms with Crippen molar-refractivity contribution in [3.63, 3.8) is 0 Å². The third-order valence-electron chi connectivity index (χ3n) is 1.03. The van der Waals surface area contributed by atoms with Crippen LogP contribution in [0, 0.1) is 5.41 Å². The number of hydrogen-bond donors (Lipinski definition) is 1. The fraction of sp³-hybridized carbons (Fsp3) is 0.500. The average Bonchev–Trinajstić information content (AvgIpc) is 1.65. The van der Waals surface area contributed by atoms with Crippen molar-refractivity contribution in [3.05, 3.63) is 12.4 Å². The first-order valence-electron chi connectivity index (χ1n) is 2.52. The fourth-order valence-corrected chi connectivity index (χ4v) is 0.229. The van der Waals surface area contributed by atoms with E-state index in [9.17, 15) is 9.18 Å². The summed E-state index contributed by atoms with van der Waals surface area (Å²) >= 11 is 0. The second kappa shape index (κ2) is 2.62. The van der Waals surface area contributed by atoms with Gasteiger partial charge in [-0.2, -0.15) is 0 Å². The lowest BCUT2D eigenvalue weighted by atomic mass is 9.94. The quantitative estimate of drug-likeness (QED) is 0.619. The summed E-state index contributed by atoms with van der Waals surface area (Å²) in [6, 6.07) is 0. The van der Waals surface area contributed by atoms with Gasteiger partial charge in [-0.25, -0.2) is 4.39 Å². The van der Waals surface area contributed by atoms with Gasteiger partial charge in [0, 0.05) is 0 Å². The Hall–Kier alpha value is -0.860. The minimum absolute atomic E-state index is 0.244. The molecule has 0 aliphatic rings. The summed E-state index contributed by atoms with van der Waals surface area (Å²) in [5.41, 5.74) is -1.09. The Morgan fingerprint density at radius 2 is 2.11 bits per heavy atom. The smallest absolute Gasteiger partial charge is 0.313 e. The van der Waals surface area contributed by atoms with Gasteiger partial charge in [-0.3, -0.25) is 4.79 Å². The van der Waals surface area contributed by atoms with Gasteiger partial charge < -0.3 is 5.11 Å². The standard InChI is InChI=1S/C6H9FO2/c1-6(2,3-4-7)5(8)9/h3-4H,1-2H3,(H,8,9). The first-order chi connectivity index (χ1) is 4.00. The topological polar surface area (TPSA) is 37.3 Å². The first kappa shape index (κ1) is 8.14. The summed E-state index contributed by atoms with van der Waals surface area (Å²) in [6.45, 7) is 2.84. The molecule has 9 heavy (non-hydrogen) atoms. The second-order valence-corrected chi connectivity index (χ2v) is 2.32. The predicted octanol–water partition coefficient (Wildman–Crippen LogP) is 1.58. The van der Waals surface area contributed by atoms with E-state index in [-0.39, 0.29) is 6.33 Å². The average molecular weight is 132 g/mol. The van der Waals surface area contributed by atoms with Crippen LogP contribution in [0.4, 0.5) is 4.39 Å². The van der Waals surface area contributed by atoms with Crippen LogP contribution in [0.1, 0.15) is 13.8 Å². The van der Waals surface area contributed by atoms with Gasteiger partial charge in [-0.15, -0.1) is 0 Å². The molecule has 0 amide bonds. The van der Waals surface area contributed by atoms with Gasteiger partial charge in [0.1, 0.15) is 0 Å². The Labute approximate surface area is 53.0 Å². The van der Waals surface area contributed by atoms with Crippen LogP contribution in [0.25, 0.3) is 0 Å². The van der Waals surface area contributed by atoms with Gasteiger partial charge in [-0.05, 0) is 19.9 Å². The highest BCUT2D eigenvalue weighted by Gasteiger charge is 2.22. The van der Waals surface area contributed by atoms with Crippen molar-refractivity contribution >= 4 is 5.97 Å². The SMILES string of the molecule is CC(C)(C=CF)C(=O)O. The first-order valence-corrected chi connectivity index (χ1v) is 2.52. The van der Waals surface area contributed by atoms with Gasteiger partial charge in [0.25, 0.3) is 0 Å². The minimum atomic E-state index is -1.09. The highest BCUT2D eigenvalue weighted by molar-refractivity contribution is 5.75. The maximum atomic E-state index is 11.4. The molecule has 0 aromatic heterocycles. The molecule has 0 unspecified atom stereocenters. The molecule has 0 heterocycles. The van der Waals surface area contributed by atoms with Crippen LogP contribution in [0.2, 0.25) is 0 Å². The molecule has 0 atom stereocenters. The molecule has 0 aliphatic carbocycles. The molecule has 3 heteroatoms. The summed E-state index contributed by atoms with van der Waals surface area (Å²) < 4.78 is 11.4. The molecule has 0 aromatic rings. The molecule has 0 rings (SSSR count). The monoisotopic (exact) mass is 132 g/mol. The number of carbonyl (C=O) groups is 1. The van der Waals surface area contributed by atoms with E-state index in [1.165, 1.54) is 13.8 Å². The molecule has 0 bridgehead atoms. The third kappa shape index (κ3) is 2.26. The molecule has 0 saturated heterocycles. The van der Waals surface area contributed by atoms with Crippen LogP contribution in [-0.2, 0) is 4.79 Å². The zero-order valence-electron chi connectivity index (χ0n) is 5.39. The number of carboxylic acid groups (broad SMARTS) is 1. The summed E-state index contributed by atoms with van der Waals surface area (Å²) in [5, 5.41) is 8.35. The van der Waals surface area contributed by atoms with E-state index in [2.05, 4.69) is 0 Å². The van der Waals surface area contributed by atoms with E-state index in [1.807, 2.05) is 0 Å². The molecular weight excluding hydrogens is 123 g/mol. The Bertz CT molecular complexity index is 138. The van der Waals surface area contributed by atoms with Crippen molar-refractivity contribution in [2.24, 2.45) is 5.41 Å². The predicted molar refractivity (Wildman–Crippen MR) is 31.7 cm³/mol. The van der Waals surface area contributed by atoms with Crippen LogP contribution in [0.15, 0.2) is 12.4 Å². The maximum Gasteiger partial charge on any atom is 0.313 e. The Kier molecular flexibility index (Phi) is 2.37. The van der Waals surface area contributed by atoms with Crippen LogP contribution in [-0.4, -0.2) is 11.1 Å². The summed E-state index contributed by atoms with van der Waals surface area (Å²) in [5.74, 6) is -1.03. The van der Waals surface area contributed by atoms with Gasteiger partial charge in [-0.1, -0.05) is 0 Å². The normalized spacial score (nSPS) is 12.3. The van der Waals surface area contributed by atoms with Crippen molar-refractivity contribution in [2.45, 2.75) is 13.8 Å². The molecule has 2 nitrogen and oxygen atoms in total. The largest absolute Gasteiger partial charge is 0.481 e. The minimum Gasteiger partial charge on any atom is -0.481 e. The maximum absolute atomic E-state index is 11.4. The molecule has 0 aliphatic heterocycles. The number of hydrogen-bond acceptors (Lipinski definition) is 1. The van der Waals surface area contributed by atoms with E-state index in [0.717, 1.165) is 6.08 Å². The molecular formula is C6H9FO2. The molecule has 0 fully saturated rings. The Morgan fingerprint density at radius 1 is 1.67 bits per heavy atom. The van der Waals surface area contributed by atoms with Gasteiger partial charge in [0.05, 0.1) is 11.7 Å². The lowest BCUT2D eigenvalue weighted by Crippen LogP contribution is -2.20. The van der Waals surface area contributed by atoms with E-state index in [1.54, 1.807) is 0 Å². The van der Waals surface area contributed by atoms with Gasteiger partial charge in [0.15, 0.2) is 0 Å². The van der Waals surface area contributed by atoms with E-state index in [0.29, 0.717) is 0 Å². The van der Waals surface area contributed by atoms with Gasteiger partial charge >= 0.3 is 5.97 Å². The van der Waals surface area contributed by atoms with Crippen LogP contribution >= 0.6 is 0 Å². The van der Waals surface area contributed by atoms with Crippen molar-refractivity contribution in [2.75, 3.05) is 0 Å². The molecule has 52 valence electrons. The van der Waals surface area contributed by atoms with Crippen molar-refractivity contribution in [1.82, 2.24) is 0 Å². The molecule has 0 saturated carbocycles. The van der Waals surface area contributed by atoms with Crippen LogP contribution in [0.3, 0.4) is 0 Å². The van der Waals surface area contributed by atoms with Crippen molar-refractivity contribution in [3.8, 4) is 0 Å². The van der Waals surface area contributed by atoms with Crippen molar-refractivity contribution in [1.29, 1.82) is 0 Å². The lowest BCUT2D eigenvalue weighted by Gasteiger charge is -2.10. The Balaban J connectivity index is 4.19. The molecule has 0 aromatic carbocycles. The molecule has 0 radical (unpaired) electrons. The fourth-order valence-electron chi connectivity index (χ4n) is 0.229. The highest BCUT2D eigenvalue weighted by Crippen LogP contribution is 2.16. The van der Waals surface area contributed by atoms with E-state index >= 15 is 0 Å². The van der Waals surface area contributed by atoms with Crippen LogP contribution in [0.5, 0.6) is 0 Å². The van der Waals surface area contributed by atoms with E-state index in [4.69, 9.17) is 5.11 Å². The number of aliphatic carboxylic acids is 1. The summed E-state index contributed by atoms with van der Waals surface area (Å²) in [7, 11) is 0. The molecule has 1 N–H and O–H groups in total. The second-order valence-electron chi connectivity index (χ2n) is 2.32. The van der Waals surface area contributed by atoms with Crippen molar-refractivity contribution < 1.29 is 14.3 Å². The van der Waals surface area contributed by atoms with Gasteiger partial charge in [0.2, 0.25) is 0 Å².